The summed E-state index contributed by atoms with van der Waals surface area (Å²) in [6, 6.07) is 12.6. The van der Waals surface area contributed by atoms with Gasteiger partial charge in [-0.1, -0.05) is 30.3 Å². The standard InChI is InChI=1S/C25H25F3N4O/c1-16-7-4-5-10-21(16)24(33)32-13-11-31(12-14-32)23-17(2)18(3)29-22(30-23)19-8-6-9-20(15-19)25(26,27)28/h4-10,15H,11-14H2,1-3H3. The number of piperazine rings is 1. The number of anilines is 1. The number of benzene rings is 2. The maximum absolute atomic E-state index is 13.2. The summed E-state index contributed by atoms with van der Waals surface area (Å²) in [5.41, 5.74) is 2.83. The van der Waals surface area contributed by atoms with E-state index in [0.29, 0.717) is 48.8 Å². The highest BCUT2D eigenvalue weighted by Gasteiger charge is 2.31. The van der Waals surface area contributed by atoms with Crippen LogP contribution < -0.4 is 4.90 Å². The van der Waals surface area contributed by atoms with Gasteiger partial charge in [-0.3, -0.25) is 4.79 Å². The van der Waals surface area contributed by atoms with Crippen molar-refractivity contribution in [2.75, 3.05) is 31.1 Å². The van der Waals surface area contributed by atoms with E-state index in [2.05, 4.69) is 14.9 Å². The van der Waals surface area contributed by atoms with Crippen LogP contribution in [0.1, 0.15) is 32.7 Å². The number of carbonyl (C=O) groups excluding carboxylic acids is 1. The van der Waals surface area contributed by atoms with E-state index < -0.39 is 11.7 Å². The van der Waals surface area contributed by atoms with Gasteiger partial charge in [0.15, 0.2) is 5.82 Å². The summed E-state index contributed by atoms with van der Waals surface area (Å²) in [6.07, 6.45) is -4.43. The van der Waals surface area contributed by atoms with Crippen LogP contribution in [0.4, 0.5) is 19.0 Å². The molecule has 1 aromatic heterocycles. The van der Waals surface area contributed by atoms with E-state index in [1.165, 1.54) is 6.07 Å². The SMILES string of the molecule is Cc1ccccc1C(=O)N1CCN(c2nc(-c3cccc(C(F)(F)F)c3)nc(C)c2C)CC1. The van der Waals surface area contributed by atoms with Crippen molar-refractivity contribution < 1.29 is 18.0 Å². The maximum Gasteiger partial charge on any atom is 0.416 e. The lowest BCUT2D eigenvalue weighted by Crippen LogP contribution is -2.49. The first-order valence-corrected chi connectivity index (χ1v) is 10.8. The molecule has 0 unspecified atom stereocenters. The highest BCUT2D eigenvalue weighted by Crippen LogP contribution is 2.32. The monoisotopic (exact) mass is 454 g/mol. The molecule has 1 aliphatic rings. The number of amides is 1. The quantitative estimate of drug-likeness (QED) is 0.556. The second-order valence-electron chi connectivity index (χ2n) is 8.25. The summed E-state index contributed by atoms with van der Waals surface area (Å²) in [6.45, 7) is 7.89. The molecule has 0 bridgehead atoms. The van der Waals surface area contributed by atoms with E-state index >= 15 is 0 Å². The van der Waals surface area contributed by atoms with Gasteiger partial charge >= 0.3 is 6.18 Å². The van der Waals surface area contributed by atoms with Crippen LogP contribution in [0.15, 0.2) is 48.5 Å². The Bertz CT molecular complexity index is 1180. The lowest BCUT2D eigenvalue weighted by Gasteiger charge is -2.36. The number of halogens is 3. The van der Waals surface area contributed by atoms with Crippen LogP contribution in [-0.4, -0.2) is 47.0 Å². The molecular formula is C25H25F3N4O. The fourth-order valence-corrected chi connectivity index (χ4v) is 3.99. The second-order valence-corrected chi connectivity index (χ2v) is 8.25. The summed E-state index contributed by atoms with van der Waals surface area (Å²) < 4.78 is 39.5. The molecular weight excluding hydrogens is 429 g/mol. The highest BCUT2D eigenvalue weighted by molar-refractivity contribution is 5.95. The fourth-order valence-electron chi connectivity index (χ4n) is 3.99. The minimum absolute atomic E-state index is 0.00740. The molecule has 1 fully saturated rings. The van der Waals surface area contributed by atoms with E-state index in [9.17, 15) is 18.0 Å². The van der Waals surface area contributed by atoms with Crippen molar-refractivity contribution in [2.45, 2.75) is 26.9 Å². The average molecular weight is 454 g/mol. The molecule has 0 N–H and O–H groups in total. The zero-order valence-electron chi connectivity index (χ0n) is 18.8. The van der Waals surface area contributed by atoms with Gasteiger partial charge in [-0.25, -0.2) is 9.97 Å². The number of alkyl halides is 3. The first-order chi connectivity index (χ1) is 15.6. The average Bonchev–Trinajstić information content (AvgIpc) is 2.80. The Morgan fingerprint density at radius 1 is 0.909 bits per heavy atom. The summed E-state index contributed by atoms with van der Waals surface area (Å²) in [5, 5.41) is 0. The van der Waals surface area contributed by atoms with Gasteiger partial charge in [0.05, 0.1) is 5.56 Å². The predicted octanol–water partition coefficient (Wildman–Crippen LogP) is 5.05. The molecule has 1 amide bonds. The third-order valence-corrected chi connectivity index (χ3v) is 6.05. The van der Waals surface area contributed by atoms with Gasteiger partial charge in [0.25, 0.3) is 5.91 Å². The van der Waals surface area contributed by atoms with Gasteiger partial charge in [-0.05, 0) is 44.5 Å². The molecule has 0 saturated carbocycles. The van der Waals surface area contributed by atoms with E-state index in [1.54, 1.807) is 6.07 Å². The van der Waals surface area contributed by atoms with Crippen molar-refractivity contribution in [1.29, 1.82) is 0 Å². The highest BCUT2D eigenvalue weighted by atomic mass is 19.4. The number of carbonyl (C=O) groups is 1. The molecule has 4 rings (SSSR count). The minimum Gasteiger partial charge on any atom is -0.353 e. The fraction of sp³-hybridized carbons (Fsp3) is 0.320. The summed E-state index contributed by atoms with van der Waals surface area (Å²) in [5.74, 6) is 0.962. The van der Waals surface area contributed by atoms with E-state index in [1.807, 2.05) is 49.9 Å². The van der Waals surface area contributed by atoms with Crippen molar-refractivity contribution >= 4 is 11.7 Å². The number of aryl methyl sites for hydroxylation is 2. The van der Waals surface area contributed by atoms with Crippen LogP contribution in [0.25, 0.3) is 11.4 Å². The molecule has 5 nitrogen and oxygen atoms in total. The van der Waals surface area contributed by atoms with Gasteiger partial charge in [0.1, 0.15) is 5.82 Å². The molecule has 0 aliphatic carbocycles. The van der Waals surface area contributed by atoms with Crippen molar-refractivity contribution in [1.82, 2.24) is 14.9 Å². The Morgan fingerprint density at radius 3 is 2.27 bits per heavy atom. The van der Waals surface area contributed by atoms with Gasteiger partial charge in [-0.15, -0.1) is 0 Å². The third-order valence-electron chi connectivity index (χ3n) is 6.05. The van der Waals surface area contributed by atoms with Gasteiger partial charge in [0.2, 0.25) is 0 Å². The molecule has 0 spiro atoms. The van der Waals surface area contributed by atoms with Gasteiger partial charge in [-0.2, -0.15) is 13.2 Å². The van der Waals surface area contributed by atoms with Crippen LogP contribution in [0.3, 0.4) is 0 Å². The summed E-state index contributed by atoms with van der Waals surface area (Å²) in [7, 11) is 0. The predicted molar refractivity (Wildman–Crippen MR) is 121 cm³/mol. The third kappa shape index (κ3) is 4.69. The van der Waals surface area contributed by atoms with Crippen molar-refractivity contribution in [2.24, 2.45) is 0 Å². The molecule has 8 heteroatoms. The molecule has 2 aromatic carbocycles. The smallest absolute Gasteiger partial charge is 0.353 e. The lowest BCUT2D eigenvalue weighted by atomic mass is 10.1. The lowest BCUT2D eigenvalue weighted by molar-refractivity contribution is -0.137. The van der Waals surface area contributed by atoms with Crippen LogP contribution in [0.2, 0.25) is 0 Å². The Morgan fingerprint density at radius 2 is 1.61 bits per heavy atom. The molecule has 0 radical (unpaired) electrons. The first kappa shape index (κ1) is 22.8. The van der Waals surface area contributed by atoms with E-state index in [-0.39, 0.29) is 11.7 Å². The normalized spacial score (nSPS) is 14.5. The number of hydrogen-bond acceptors (Lipinski definition) is 4. The minimum atomic E-state index is -4.43. The van der Waals surface area contributed by atoms with Gasteiger partial charge < -0.3 is 9.80 Å². The summed E-state index contributed by atoms with van der Waals surface area (Å²) >= 11 is 0. The van der Waals surface area contributed by atoms with E-state index in [0.717, 1.165) is 23.3 Å². The number of nitrogens with zero attached hydrogens (tertiary/aromatic N) is 4. The van der Waals surface area contributed by atoms with Crippen molar-refractivity contribution in [3.05, 3.63) is 76.5 Å². The van der Waals surface area contributed by atoms with Gasteiger partial charge in [0, 0.05) is 48.6 Å². The second kappa shape index (κ2) is 8.84. The molecule has 33 heavy (non-hydrogen) atoms. The molecule has 1 saturated heterocycles. The van der Waals surface area contributed by atoms with Crippen molar-refractivity contribution in [3.8, 4) is 11.4 Å². The zero-order chi connectivity index (χ0) is 23.8. The Balaban J connectivity index is 1.57. The van der Waals surface area contributed by atoms with Crippen LogP contribution in [-0.2, 0) is 6.18 Å². The molecule has 0 atom stereocenters. The molecule has 2 heterocycles. The molecule has 172 valence electrons. The van der Waals surface area contributed by atoms with Crippen LogP contribution in [0, 0.1) is 20.8 Å². The van der Waals surface area contributed by atoms with Crippen LogP contribution in [0.5, 0.6) is 0 Å². The molecule has 1 aliphatic heterocycles. The molecule has 3 aromatic rings. The largest absolute Gasteiger partial charge is 0.416 e. The number of rotatable bonds is 3. The zero-order valence-corrected chi connectivity index (χ0v) is 18.8. The Hall–Kier alpha value is -3.42. The number of aromatic nitrogens is 2. The number of hydrogen-bond donors (Lipinski definition) is 0. The first-order valence-electron chi connectivity index (χ1n) is 10.8. The van der Waals surface area contributed by atoms with E-state index in [4.69, 9.17) is 0 Å². The van der Waals surface area contributed by atoms with Crippen LogP contribution >= 0.6 is 0 Å². The topological polar surface area (TPSA) is 49.3 Å². The van der Waals surface area contributed by atoms with Crippen molar-refractivity contribution in [3.63, 3.8) is 0 Å². The Kier molecular flexibility index (Phi) is 6.10. The summed E-state index contributed by atoms with van der Waals surface area (Å²) in [4.78, 5) is 25.9. The maximum atomic E-state index is 13.2. The Labute approximate surface area is 190 Å².